The molecule has 96 valence electrons. The molecule has 0 amide bonds. The number of aromatic nitrogens is 2. The van der Waals surface area contributed by atoms with Crippen LogP contribution in [-0.4, -0.2) is 27.5 Å². The molecule has 1 aliphatic carbocycles. The summed E-state index contributed by atoms with van der Waals surface area (Å²) in [4.78, 5) is 2.38. The smallest absolute Gasteiger partial charge is 0.132 e. The molecule has 17 heavy (non-hydrogen) atoms. The van der Waals surface area contributed by atoms with Gasteiger partial charge in [0.2, 0.25) is 0 Å². The minimum absolute atomic E-state index is 0.0723. The normalized spacial score (nSPS) is 15.6. The highest BCUT2D eigenvalue weighted by atomic mass is 16.3. The average molecular weight is 237 g/mol. The van der Waals surface area contributed by atoms with Crippen molar-refractivity contribution in [2.24, 2.45) is 13.0 Å². The molecule has 0 bridgehead atoms. The van der Waals surface area contributed by atoms with Crippen molar-refractivity contribution < 1.29 is 5.11 Å². The van der Waals surface area contributed by atoms with Crippen LogP contribution in [0.5, 0.6) is 0 Å². The predicted octanol–water partition coefficient (Wildman–Crippen LogP) is 1.85. The standard InChI is InChI=1S/C13H23N3O/c1-9(2)16(7-11-5-6-11)13-12(8-17)10(3)14-15(13)4/h9,11,17H,5-8H2,1-4H3. The number of hydrogen-bond donors (Lipinski definition) is 1. The molecule has 0 radical (unpaired) electrons. The fourth-order valence-electron chi connectivity index (χ4n) is 2.35. The number of hydrogen-bond acceptors (Lipinski definition) is 3. The first-order valence-electron chi connectivity index (χ1n) is 6.44. The fourth-order valence-corrected chi connectivity index (χ4v) is 2.35. The van der Waals surface area contributed by atoms with Gasteiger partial charge in [-0.3, -0.25) is 4.68 Å². The SMILES string of the molecule is Cc1nn(C)c(N(CC2CC2)C(C)C)c1CO. The third-order valence-electron chi connectivity index (χ3n) is 3.52. The molecule has 1 aromatic rings. The van der Waals surface area contributed by atoms with E-state index < -0.39 is 0 Å². The zero-order chi connectivity index (χ0) is 12.6. The number of aliphatic hydroxyl groups excluding tert-OH is 1. The highest BCUT2D eigenvalue weighted by Crippen LogP contribution is 2.34. The minimum Gasteiger partial charge on any atom is -0.391 e. The second kappa shape index (κ2) is 4.69. The molecule has 4 nitrogen and oxygen atoms in total. The van der Waals surface area contributed by atoms with E-state index in [2.05, 4.69) is 23.8 Å². The van der Waals surface area contributed by atoms with Crippen molar-refractivity contribution in [3.8, 4) is 0 Å². The van der Waals surface area contributed by atoms with Crippen LogP contribution in [0.3, 0.4) is 0 Å². The molecule has 1 fully saturated rings. The van der Waals surface area contributed by atoms with Gasteiger partial charge >= 0.3 is 0 Å². The third-order valence-corrected chi connectivity index (χ3v) is 3.52. The quantitative estimate of drug-likeness (QED) is 0.849. The first kappa shape index (κ1) is 12.4. The maximum Gasteiger partial charge on any atom is 0.132 e. The van der Waals surface area contributed by atoms with E-state index in [-0.39, 0.29) is 6.61 Å². The molecule has 0 aliphatic heterocycles. The van der Waals surface area contributed by atoms with Crippen molar-refractivity contribution in [1.82, 2.24) is 9.78 Å². The Kier molecular flexibility index (Phi) is 3.43. The monoisotopic (exact) mass is 237 g/mol. The summed E-state index contributed by atoms with van der Waals surface area (Å²) in [6.45, 7) is 7.52. The molecule has 1 saturated carbocycles. The summed E-state index contributed by atoms with van der Waals surface area (Å²) in [5, 5.41) is 13.9. The van der Waals surface area contributed by atoms with E-state index in [0.717, 1.165) is 29.5 Å². The molecular weight excluding hydrogens is 214 g/mol. The van der Waals surface area contributed by atoms with E-state index in [0.29, 0.717) is 6.04 Å². The lowest BCUT2D eigenvalue weighted by molar-refractivity contribution is 0.281. The van der Waals surface area contributed by atoms with Crippen molar-refractivity contribution in [1.29, 1.82) is 0 Å². The van der Waals surface area contributed by atoms with Gasteiger partial charge in [0.15, 0.2) is 0 Å². The van der Waals surface area contributed by atoms with Crippen molar-refractivity contribution >= 4 is 5.82 Å². The number of aryl methyl sites for hydroxylation is 2. The summed E-state index contributed by atoms with van der Waals surface area (Å²) in [6, 6.07) is 0.440. The zero-order valence-corrected chi connectivity index (χ0v) is 11.3. The Morgan fingerprint density at radius 1 is 1.47 bits per heavy atom. The zero-order valence-electron chi connectivity index (χ0n) is 11.3. The van der Waals surface area contributed by atoms with Gasteiger partial charge in [0.05, 0.1) is 12.3 Å². The summed E-state index contributed by atoms with van der Waals surface area (Å²) in [5.41, 5.74) is 1.91. The highest BCUT2D eigenvalue weighted by Gasteiger charge is 2.28. The molecule has 0 spiro atoms. The number of anilines is 1. The molecule has 0 aromatic carbocycles. The number of aliphatic hydroxyl groups is 1. The van der Waals surface area contributed by atoms with Gasteiger partial charge in [0.25, 0.3) is 0 Å². The van der Waals surface area contributed by atoms with Crippen molar-refractivity contribution in [2.45, 2.75) is 46.3 Å². The number of rotatable bonds is 5. The summed E-state index contributed by atoms with van der Waals surface area (Å²) in [6.07, 6.45) is 2.68. The summed E-state index contributed by atoms with van der Waals surface area (Å²) < 4.78 is 1.91. The van der Waals surface area contributed by atoms with Crippen molar-refractivity contribution in [2.75, 3.05) is 11.4 Å². The second-order valence-corrected chi connectivity index (χ2v) is 5.36. The summed E-state index contributed by atoms with van der Waals surface area (Å²) in [5.74, 6) is 1.92. The van der Waals surface area contributed by atoms with Crippen molar-refractivity contribution in [3.05, 3.63) is 11.3 Å². The van der Waals surface area contributed by atoms with E-state index >= 15 is 0 Å². The Bertz CT molecular complexity index is 394. The summed E-state index contributed by atoms with van der Waals surface area (Å²) >= 11 is 0. The average Bonchev–Trinajstić information content (AvgIpc) is 3.01. The summed E-state index contributed by atoms with van der Waals surface area (Å²) in [7, 11) is 1.96. The molecule has 1 N–H and O–H groups in total. The van der Waals surface area contributed by atoms with Gasteiger partial charge in [-0.2, -0.15) is 5.10 Å². The van der Waals surface area contributed by atoms with Crippen LogP contribution >= 0.6 is 0 Å². The van der Waals surface area contributed by atoms with Gasteiger partial charge in [0.1, 0.15) is 5.82 Å². The third kappa shape index (κ3) is 2.46. The Balaban J connectivity index is 2.33. The van der Waals surface area contributed by atoms with E-state index in [1.165, 1.54) is 12.8 Å². The van der Waals surface area contributed by atoms with Gasteiger partial charge in [-0.05, 0) is 39.5 Å². The topological polar surface area (TPSA) is 41.3 Å². The first-order chi connectivity index (χ1) is 8.04. The lowest BCUT2D eigenvalue weighted by Crippen LogP contribution is -2.35. The molecule has 2 rings (SSSR count). The Morgan fingerprint density at radius 3 is 2.59 bits per heavy atom. The molecule has 1 aliphatic rings. The minimum atomic E-state index is 0.0723. The van der Waals surface area contributed by atoms with Gasteiger partial charge < -0.3 is 10.0 Å². The lowest BCUT2D eigenvalue weighted by Gasteiger charge is -2.29. The van der Waals surface area contributed by atoms with Crippen LogP contribution in [-0.2, 0) is 13.7 Å². The van der Waals surface area contributed by atoms with Gasteiger partial charge in [0, 0.05) is 25.2 Å². The molecule has 1 heterocycles. The largest absolute Gasteiger partial charge is 0.391 e. The lowest BCUT2D eigenvalue weighted by atomic mass is 10.2. The second-order valence-electron chi connectivity index (χ2n) is 5.36. The van der Waals surface area contributed by atoms with Crippen LogP contribution in [0.2, 0.25) is 0 Å². The Morgan fingerprint density at radius 2 is 2.12 bits per heavy atom. The molecule has 0 unspecified atom stereocenters. The van der Waals surface area contributed by atoms with E-state index in [1.54, 1.807) is 0 Å². The van der Waals surface area contributed by atoms with Crippen LogP contribution < -0.4 is 4.90 Å². The van der Waals surface area contributed by atoms with Crippen molar-refractivity contribution in [3.63, 3.8) is 0 Å². The molecule has 1 aromatic heterocycles. The van der Waals surface area contributed by atoms with Gasteiger partial charge in [-0.15, -0.1) is 0 Å². The molecule has 4 heteroatoms. The van der Waals surface area contributed by atoms with E-state index in [4.69, 9.17) is 0 Å². The van der Waals surface area contributed by atoms with Crippen LogP contribution in [0.15, 0.2) is 0 Å². The van der Waals surface area contributed by atoms with E-state index in [9.17, 15) is 5.11 Å². The molecule has 0 atom stereocenters. The highest BCUT2D eigenvalue weighted by molar-refractivity contribution is 5.50. The van der Waals surface area contributed by atoms with Crippen LogP contribution in [0.25, 0.3) is 0 Å². The number of nitrogens with zero attached hydrogens (tertiary/aromatic N) is 3. The van der Waals surface area contributed by atoms with Gasteiger partial charge in [-0.1, -0.05) is 0 Å². The predicted molar refractivity (Wildman–Crippen MR) is 69.1 cm³/mol. The molecular formula is C13H23N3O. The Hall–Kier alpha value is -1.03. The van der Waals surface area contributed by atoms with Crippen LogP contribution in [0.1, 0.15) is 37.9 Å². The maximum atomic E-state index is 9.51. The maximum absolute atomic E-state index is 9.51. The van der Waals surface area contributed by atoms with Gasteiger partial charge in [-0.25, -0.2) is 0 Å². The Labute approximate surface area is 103 Å². The van der Waals surface area contributed by atoms with Crippen LogP contribution in [0, 0.1) is 12.8 Å². The fraction of sp³-hybridized carbons (Fsp3) is 0.769. The molecule has 0 saturated heterocycles. The first-order valence-corrected chi connectivity index (χ1v) is 6.44. The van der Waals surface area contributed by atoms with Crippen LogP contribution in [0.4, 0.5) is 5.82 Å². The van der Waals surface area contributed by atoms with E-state index in [1.807, 2.05) is 18.7 Å².